The predicted molar refractivity (Wildman–Crippen MR) is 77.9 cm³/mol. The van der Waals surface area contributed by atoms with Crippen LogP contribution in [0.3, 0.4) is 0 Å². The van der Waals surface area contributed by atoms with Crippen LogP contribution >= 0.6 is 7.82 Å². The van der Waals surface area contributed by atoms with Crippen LogP contribution in [0, 0.1) is 5.92 Å². The van der Waals surface area contributed by atoms with Gasteiger partial charge in [0.05, 0.1) is 30.5 Å². The fraction of sp³-hybridized carbons (Fsp3) is 1.00. The summed E-state index contributed by atoms with van der Waals surface area (Å²) in [5, 5.41) is 0. The second kappa shape index (κ2) is 8.04. The van der Waals surface area contributed by atoms with Crippen molar-refractivity contribution in [2.45, 2.75) is 78.5 Å². The molecule has 0 saturated carbocycles. The minimum Gasteiger partial charge on any atom is -0.756 e. The van der Waals surface area contributed by atoms with Crippen molar-refractivity contribution in [2.24, 2.45) is 5.92 Å². The first-order valence-electron chi connectivity index (χ1n) is 7.57. The van der Waals surface area contributed by atoms with Crippen LogP contribution in [-0.4, -0.2) is 37.1 Å². The van der Waals surface area contributed by atoms with E-state index in [9.17, 15) is 9.46 Å². The lowest BCUT2D eigenvalue weighted by Gasteiger charge is -2.31. The first-order chi connectivity index (χ1) is 9.62. The third-order valence-electron chi connectivity index (χ3n) is 3.46. The SMILES string of the molecule is CC(C)OCCC1OC(C)C(C)C1OP(=O)([O-])OC(C)C. The number of phosphoric acid groups is 1. The monoisotopic (exact) mass is 323 g/mol. The molecule has 0 aliphatic carbocycles. The van der Waals surface area contributed by atoms with Gasteiger partial charge in [-0.15, -0.1) is 0 Å². The first-order valence-corrected chi connectivity index (χ1v) is 9.03. The molecule has 0 N–H and O–H groups in total. The van der Waals surface area contributed by atoms with Gasteiger partial charge in [0.25, 0.3) is 7.82 Å². The van der Waals surface area contributed by atoms with Crippen LogP contribution in [0.15, 0.2) is 0 Å². The van der Waals surface area contributed by atoms with Crippen molar-refractivity contribution in [3.8, 4) is 0 Å². The normalized spacial score (nSPS) is 32.8. The quantitative estimate of drug-likeness (QED) is 0.639. The molecular weight excluding hydrogens is 295 g/mol. The van der Waals surface area contributed by atoms with Crippen LogP contribution in [0.4, 0.5) is 0 Å². The molecule has 0 bridgehead atoms. The molecule has 0 aromatic rings. The second-order valence-electron chi connectivity index (χ2n) is 6.12. The van der Waals surface area contributed by atoms with Crippen molar-refractivity contribution < 1.29 is 28.0 Å². The largest absolute Gasteiger partial charge is 0.756 e. The van der Waals surface area contributed by atoms with Crippen molar-refractivity contribution in [3.63, 3.8) is 0 Å². The zero-order valence-electron chi connectivity index (χ0n) is 13.8. The van der Waals surface area contributed by atoms with Gasteiger partial charge in [0.2, 0.25) is 0 Å². The van der Waals surface area contributed by atoms with Crippen LogP contribution in [0.5, 0.6) is 0 Å². The molecule has 21 heavy (non-hydrogen) atoms. The highest BCUT2D eigenvalue weighted by molar-refractivity contribution is 7.45. The van der Waals surface area contributed by atoms with Gasteiger partial charge in [0, 0.05) is 12.5 Å². The van der Waals surface area contributed by atoms with Crippen LogP contribution < -0.4 is 4.89 Å². The van der Waals surface area contributed by atoms with Crippen molar-refractivity contribution >= 4 is 7.82 Å². The summed E-state index contributed by atoms with van der Waals surface area (Å²) in [5.41, 5.74) is 0. The van der Waals surface area contributed by atoms with E-state index in [4.69, 9.17) is 18.5 Å². The molecule has 0 spiro atoms. The molecule has 1 saturated heterocycles. The van der Waals surface area contributed by atoms with Gasteiger partial charge in [0.1, 0.15) is 0 Å². The number of hydrogen-bond acceptors (Lipinski definition) is 6. The van der Waals surface area contributed by atoms with Crippen molar-refractivity contribution in [1.29, 1.82) is 0 Å². The van der Waals surface area contributed by atoms with E-state index in [1.807, 2.05) is 27.7 Å². The first kappa shape index (κ1) is 19.1. The Bertz CT molecular complexity index is 359. The van der Waals surface area contributed by atoms with Gasteiger partial charge in [-0.05, 0) is 41.0 Å². The van der Waals surface area contributed by atoms with Gasteiger partial charge in [0.15, 0.2) is 0 Å². The average Bonchev–Trinajstić information content (AvgIpc) is 2.54. The van der Waals surface area contributed by atoms with E-state index in [0.29, 0.717) is 13.0 Å². The number of phosphoric ester groups is 1. The van der Waals surface area contributed by atoms with Crippen LogP contribution in [0.2, 0.25) is 0 Å². The van der Waals surface area contributed by atoms with Crippen LogP contribution in [0.1, 0.15) is 48.0 Å². The summed E-state index contributed by atoms with van der Waals surface area (Å²) < 4.78 is 33.3. The molecule has 1 heterocycles. The van der Waals surface area contributed by atoms with Gasteiger partial charge in [-0.2, -0.15) is 0 Å². The minimum absolute atomic E-state index is 0.0212. The number of rotatable bonds is 8. The summed E-state index contributed by atoms with van der Waals surface area (Å²) in [6, 6.07) is 0. The molecule has 6 nitrogen and oxygen atoms in total. The Morgan fingerprint density at radius 1 is 1.19 bits per heavy atom. The summed E-state index contributed by atoms with van der Waals surface area (Å²) in [7, 11) is -4.32. The van der Waals surface area contributed by atoms with Crippen molar-refractivity contribution in [3.05, 3.63) is 0 Å². The second-order valence-corrected chi connectivity index (χ2v) is 7.43. The van der Waals surface area contributed by atoms with E-state index in [1.165, 1.54) is 0 Å². The zero-order chi connectivity index (χ0) is 16.2. The maximum atomic E-state index is 11.9. The van der Waals surface area contributed by atoms with Gasteiger partial charge < -0.3 is 23.4 Å². The van der Waals surface area contributed by atoms with E-state index in [1.54, 1.807) is 13.8 Å². The summed E-state index contributed by atoms with van der Waals surface area (Å²) in [5.74, 6) is -0.0212. The molecule has 7 heteroatoms. The third kappa shape index (κ3) is 6.35. The molecule has 0 aromatic heterocycles. The van der Waals surface area contributed by atoms with E-state index in [0.717, 1.165) is 0 Å². The Labute approximate surface area is 127 Å². The van der Waals surface area contributed by atoms with E-state index < -0.39 is 20.0 Å². The van der Waals surface area contributed by atoms with E-state index >= 15 is 0 Å². The van der Waals surface area contributed by atoms with Gasteiger partial charge >= 0.3 is 0 Å². The summed E-state index contributed by atoms with van der Waals surface area (Å²) in [6.07, 6.45) is -0.594. The standard InChI is InChI=1S/C14H29O6P/c1-9(2)17-8-7-13-14(11(5)12(6)18-13)20-21(15,16)19-10(3)4/h9-14H,7-8H2,1-6H3,(H,15,16)/p-1. The zero-order valence-corrected chi connectivity index (χ0v) is 14.7. The highest BCUT2D eigenvalue weighted by atomic mass is 31.2. The Morgan fingerprint density at radius 3 is 2.33 bits per heavy atom. The maximum Gasteiger partial charge on any atom is 0.268 e. The fourth-order valence-electron chi connectivity index (χ4n) is 2.33. The highest BCUT2D eigenvalue weighted by Gasteiger charge is 2.42. The molecule has 0 aromatic carbocycles. The summed E-state index contributed by atoms with van der Waals surface area (Å²) >= 11 is 0. The van der Waals surface area contributed by atoms with Crippen LogP contribution in [-0.2, 0) is 23.1 Å². The molecule has 0 radical (unpaired) electrons. The topological polar surface area (TPSA) is 77.1 Å². The molecule has 5 atom stereocenters. The Hall–Kier alpha value is 0.0300. The molecule has 126 valence electrons. The third-order valence-corrected chi connectivity index (χ3v) is 4.64. The Kier molecular flexibility index (Phi) is 7.31. The lowest BCUT2D eigenvalue weighted by molar-refractivity contribution is -0.235. The number of ether oxygens (including phenoxy) is 2. The molecular formula is C14H28O6P-. The highest BCUT2D eigenvalue weighted by Crippen LogP contribution is 2.46. The molecule has 0 amide bonds. The average molecular weight is 323 g/mol. The van der Waals surface area contributed by atoms with Gasteiger partial charge in [-0.1, -0.05) is 6.92 Å². The minimum atomic E-state index is -4.32. The van der Waals surface area contributed by atoms with Crippen LogP contribution in [0.25, 0.3) is 0 Å². The smallest absolute Gasteiger partial charge is 0.268 e. The van der Waals surface area contributed by atoms with Gasteiger partial charge in [-0.3, -0.25) is 4.57 Å². The number of hydrogen-bond donors (Lipinski definition) is 0. The summed E-state index contributed by atoms with van der Waals surface area (Å²) in [6.45, 7) is 11.6. The van der Waals surface area contributed by atoms with Crippen molar-refractivity contribution in [2.75, 3.05) is 6.61 Å². The lowest BCUT2D eigenvalue weighted by Crippen LogP contribution is -2.32. The van der Waals surface area contributed by atoms with E-state index in [2.05, 4.69) is 0 Å². The van der Waals surface area contributed by atoms with Gasteiger partial charge in [-0.25, -0.2) is 0 Å². The Morgan fingerprint density at radius 2 is 1.81 bits per heavy atom. The Balaban J connectivity index is 2.63. The summed E-state index contributed by atoms with van der Waals surface area (Å²) in [4.78, 5) is 11.9. The molecule has 1 rings (SSSR count). The lowest BCUT2D eigenvalue weighted by atomic mass is 9.98. The molecule has 5 unspecified atom stereocenters. The molecule has 1 aliphatic rings. The molecule has 1 fully saturated rings. The van der Waals surface area contributed by atoms with E-state index in [-0.39, 0.29) is 24.2 Å². The molecule has 1 aliphatic heterocycles. The maximum absolute atomic E-state index is 11.9. The fourth-order valence-corrected chi connectivity index (χ4v) is 3.52. The van der Waals surface area contributed by atoms with Crippen molar-refractivity contribution in [1.82, 2.24) is 0 Å². The predicted octanol–water partition coefficient (Wildman–Crippen LogP) is 2.50.